The van der Waals surface area contributed by atoms with E-state index in [9.17, 15) is 10.4 Å². The van der Waals surface area contributed by atoms with Gasteiger partial charge in [-0.3, -0.25) is 0 Å². The molecule has 0 aliphatic carbocycles. The number of halogens is 2. The summed E-state index contributed by atoms with van der Waals surface area (Å²) >= 11 is 13.1. The zero-order valence-corrected chi connectivity index (χ0v) is 20.5. The van der Waals surface area contributed by atoms with Gasteiger partial charge in [0.15, 0.2) is 11.3 Å². The number of hydrogen-bond acceptors (Lipinski definition) is 4. The van der Waals surface area contributed by atoms with Crippen LogP contribution in [0, 0.1) is 18.3 Å². The van der Waals surface area contributed by atoms with Gasteiger partial charge in [-0.05, 0) is 47.9 Å². The number of pyridine rings is 1. The normalized spacial score (nSPS) is 12.9. The van der Waals surface area contributed by atoms with Crippen molar-refractivity contribution in [1.82, 2.24) is 14.5 Å². The maximum absolute atomic E-state index is 12.3. The number of nitrogens with zero attached hydrogens (tertiary/aromatic N) is 4. The Balaban J connectivity index is 1.81. The molecule has 0 saturated carbocycles. The van der Waals surface area contributed by atoms with E-state index in [0.717, 1.165) is 11.4 Å². The maximum atomic E-state index is 12.3. The van der Waals surface area contributed by atoms with Crippen LogP contribution >= 0.6 is 23.2 Å². The van der Waals surface area contributed by atoms with Crippen LogP contribution in [0.15, 0.2) is 79.0 Å². The highest BCUT2D eigenvalue weighted by molar-refractivity contribution is 6.38. The van der Waals surface area contributed by atoms with Crippen molar-refractivity contribution in [2.24, 2.45) is 7.05 Å². The molecule has 1 atom stereocenters. The van der Waals surface area contributed by atoms with Gasteiger partial charge >= 0.3 is 0 Å². The monoisotopic (exact) mass is 498 g/mol. The van der Waals surface area contributed by atoms with Crippen molar-refractivity contribution >= 4 is 34.1 Å². The molecule has 5 nitrogen and oxygen atoms in total. The molecule has 3 aromatic carbocycles. The first kappa shape index (κ1) is 23.1. The van der Waals surface area contributed by atoms with Crippen molar-refractivity contribution < 1.29 is 5.11 Å². The third kappa shape index (κ3) is 3.77. The topological polar surface area (TPSA) is 74.7 Å². The number of fused-ring (bicyclic) bond motifs is 1. The fourth-order valence-electron chi connectivity index (χ4n) is 4.39. The second kappa shape index (κ2) is 8.83. The maximum Gasteiger partial charge on any atom is 0.156 e. The Labute approximate surface area is 212 Å². The molecule has 7 heteroatoms. The number of imidazole rings is 1. The summed E-state index contributed by atoms with van der Waals surface area (Å²) < 4.78 is 1.85. The van der Waals surface area contributed by atoms with Crippen molar-refractivity contribution in [2.45, 2.75) is 12.5 Å². The summed E-state index contributed by atoms with van der Waals surface area (Å²) in [4.78, 5) is 8.98. The van der Waals surface area contributed by atoms with Crippen LogP contribution in [-0.4, -0.2) is 19.6 Å². The number of aromatic nitrogens is 3. The van der Waals surface area contributed by atoms with Gasteiger partial charge in [-0.2, -0.15) is 5.26 Å². The van der Waals surface area contributed by atoms with E-state index in [-0.39, 0.29) is 5.69 Å². The third-order valence-electron chi connectivity index (χ3n) is 6.36. The smallest absolute Gasteiger partial charge is 0.156 e. The Hall–Kier alpha value is -3.69. The first-order chi connectivity index (χ1) is 16.8. The van der Waals surface area contributed by atoms with Crippen LogP contribution in [0.4, 0.5) is 0 Å². The average Bonchev–Trinajstić information content (AvgIpc) is 3.22. The summed E-state index contributed by atoms with van der Waals surface area (Å²) in [6.45, 7) is 1.88. The van der Waals surface area contributed by atoms with E-state index in [1.54, 1.807) is 42.6 Å². The van der Waals surface area contributed by atoms with Crippen molar-refractivity contribution in [3.8, 4) is 17.2 Å². The van der Waals surface area contributed by atoms with E-state index < -0.39 is 5.60 Å². The van der Waals surface area contributed by atoms with Crippen LogP contribution < -0.4 is 0 Å². The third-order valence-corrected chi connectivity index (χ3v) is 7.01. The summed E-state index contributed by atoms with van der Waals surface area (Å²) in [6.07, 6.45) is 1.67. The van der Waals surface area contributed by atoms with E-state index in [1.165, 1.54) is 0 Å². The van der Waals surface area contributed by atoms with E-state index >= 15 is 0 Å². The number of aryl methyl sites for hydroxylation is 1. The lowest BCUT2D eigenvalue weighted by Crippen LogP contribution is -2.31. The largest absolute Gasteiger partial charge is 0.374 e. The second-order valence-electron chi connectivity index (χ2n) is 8.33. The highest BCUT2D eigenvalue weighted by Crippen LogP contribution is 2.41. The molecule has 2 aromatic heterocycles. The molecule has 0 bridgehead atoms. The molecule has 0 aliphatic rings. The minimum Gasteiger partial charge on any atom is -0.374 e. The van der Waals surface area contributed by atoms with Gasteiger partial charge < -0.3 is 9.67 Å². The molecule has 0 radical (unpaired) electrons. The number of hydrogen-bond donors (Lipinski definition) is 1. The molecule has 172 valence electrons. The molecular formula is C28H20Cl2N4O. The van der Waals surface area contributed by atoms with E-state index in [0.29, 0.717) is 43.3 Å². The molecule has 5 rings (SSSR count). The molecular weight excluding hydrogens is 479 g/mol. The number of nitriles is 1. The SMILES string of the molecule is Cc1ncc(C(O)(c2ccc(Cl)cc2)c2ccc3nc(C#N)c(-c4ccccc4)c(Cl)c3c2)n1C. The highest BCUT2D eigenvalue weighted by atomic mass is 35.5. The molecule has 1 N–H and O–H groups in total. The minimum atomic E-state index is -1.54. The second-order valence-corrected chi connectivity index (χ2v) is 9.14. The van der Waals surface area contributed by atoms with Crippen molar-refractivity contribution in [2.75, 3.05) is 0 Å². The summed E-state index contributed by atoms with van der Waals surface area (Å²) in [5.41, 5.74) is 2.44. The predicted molar refractivity (Wildman–Crippen MR) is 138 cm³/mol. The predicted octanol–water partition coefficient (Wildman–Crippen LogP) is 6.41. The van der Waals surface area contributed by atoms with Crippen LogP contribution in [0.5, 0.6) is 0 Å². The van der Waals surface area contributed by atoms with Gasteiger partial charge in [0.05, 0.1) is 22.4 Å². The first-order valence-electron chi connectivity index (χ1n) is 10.9. The van der Waals surface area contributed by atoms with Gasteiger partial charge in [0.1, 0.15) is 11.9 Å². The van der Waals surface area contributed by atoms with E-state index in [4.69, 9.17) is 23.2 Å². The molecule has 5 aromatic rings. The zero-order valence-electron chi connectivity index (χ0n) is 19.0. The Bertz CT molecular complexity index is 1600. The summed E-state index contributed by atoms with van der Waals surface area (Å²) in [7, 11) is 1.86. The Kier molecular flexibility index (Phi) is 5.82. The lowest BCUT2D eigenvalue weighted by molar-refractivity contribution is 0.117. The van der Waals surface area contributed by atoms with Crippen LogP contribution in [0.2, 0.25) is 10.0 Å². The Morgan fingerprint density at radius 1 is 0.971 bits per heavy atom. The lowest BCUT2D eigenvalue weighted by Gasteiger charge is -2.30. The van der Waals surface area contributed by atoms with Gasteiger partial charge in [-0.1, -0.05) is 71.7 Å². The van der Waals surface area contributed by atoms with Crippen LogP contribution in [0.1, 0.15) is 28.3 Å². The van der Waals surface area contributed by atoms with Gasteiger partial charge in [0.25, 0.3) is 0 Å². The summed E-state index contributed by atoms with van der Waals surface area (Å²) in [5.74, 6) is 0.762. The van der Waals surface area contributed by atoms with Crippen LogP contribution in [-0.2, 0) is 12.6 Å². The first-order valence-corrected chi connectivity index (χ1v) is 11.7. The summed E-state index contributed by atoms with van der Waals surface area (Å²) in [5, 5.41) is 23.7. The van der Waals surface area contributed by atoms with Crippen molar-refractivity contribution in [1.29, 1.82) is 5.26 Å². The number of aliphatic hydroxyl groups is 1. The summed E-state index contributed by atoms with van der Waals surface area (Å²) in [6, 6.07) is 24.1. The fourth-order valence-corrected chi connectivity index (χ4v) is 4.87. The molecule has 2 heterocycles. The Morgan fingerprint density at radius 2 is 1.66 bits per heavy atom. The standard InChI is InChI=1S/C28H20Cl2N4O/c1-17-32-16-25(34(17)2)28(35,19-8-11-21(29)12-9-19)20-10-13-23-22(14-20)27(30)26(24(15-31)33-23)18-6-4-3-5-7-18/h3-14,16,35H,1-2H3. The quantitative estimate of drug-likeness (QED) is 0.310. The highest BCUT2D eigenvalue weighted by Gasteiger charge is 2.37. The number of benzene rings is 3. The lowest BCUT2D eigenvalue weighted by atomic mass is 9.83. The van der Waals surface area contributed by atoms with Crippen molar-refractivity contribution in [3.05, 3.63) is 117 Å². The minimum absolute atomic E-state index is 0.247. The Morgan fingerprint density at radius 3 is 2.29 bits per heavy atom. The van der Waals surface area contributed by atoms with E-state index in [1.807, 2.05) is 54.9 Å². The molecule has 0 saturated heterocycles. The van der Waals surface area contributed by atoms with Gasteiger partial charge in [0.2, 0.25) is 0 Å². The van der Waals surface area contributed by atoms with Gasteiger partial charge in [-0.25, -0.2) is 9.97 Å². The van der Waals surface area contributed by atoms with Gasteiger partial charge in [0, 0.05) is 23.0 Å². The molecule has 0 aliphatic heterocycles. The zero-order chi connectivity index (χ0) is 24.7. The molecule has 0 spiro atoms. The number of rotatable bonds is 4. The molecule has 0 fully saturated rings. The van der Waals surface area contributed by atoms with Crippen LogP contribution in [0.3, 0.4) is 0 Å². The molecule has 1 unspecified atom stereocenters. The fraction of sp³-hybridized carbons (Fsp3) is 0.107. The van der Waals surface area contributed by atoms with Gasteiger partial charge in [-0.15, -0.1) is 0 Å². The van der Waals surface area contributed by atoms with E-state index in [2.05, 4.69) is 16.0 Å². The van der Waals surface area contributed by atoms with Crippen molar-refractivity contribution in [3.63, 3.8) is 0 Å². The molecule has 35 heavy (non-hydrogen) atoms. The average molecular weight is 499 g/mol. The molecule has 0 amide bonds. The van der Waals surface area contributed by atoms with Crippen LogP contribution in [0.25, 0.3) is 22.0 Å².